The lowest BCUT2D eigenvalue weighted by Crippen LogP contribution is -2.12. The quantitative estimate of drug-likeness (QED) is 0.322. The van der Waals surface area contributed by atoms with E-state index >= 15 is 0 Å². The molecule has 0 heterocycles. The fourth-order valence-corrected chi connectivity index (χ4v) is 4.01. The van der Waals surface area contributed by atoms with E-state index in [0.29, 0.717) is 11.7 Å². The molecule has 1 rings (SSSR count). The summed E-state index contributed by atoms with van der Waals surface area (Å²) in [4.78, 5) is 0. The molecule has 0 spiro atoms. The van der Waals surface area contributed by atoms with Crippen LogP contribution in [0.25, 0.3) is 0 Å². The average molecular weight is 375 g/mol. The number of hydrogen-bond donors (Lipinski definition) is 1. The lowest BCUT2D eigenvalue weighted by atomic mass is 9.83. The van der Waals surface area contributed by atoms with Gasteiger partial charge in [-0.3, -0.25) is 0 Å². The Labute approximate surface area is 170 Å². The van der Waals surface area contributed by atoms with Crippen molar-refractivity contribution in [3.8, 4) is 5.75 Å². The highest BCUT2D eigenvalue weighted by Crippen LogP contribution is 2.37. The zero-order valence-corrected chi connectivity index (χ0v) is 18.9. The topological polar surface area (TPSA) is 20.2 Å². The van der Waals surface area contributed by atoms with Crippen LogP contribution >= 0.6 is 0 Å². The van der Waals surface area contributed by atoms with Gasteiger partial charge in [0, 0.05) is 0 Å². The summed E-state index contributed by atoms with van der Waals surface area (Å²) >= 11 is 0. The molecule has 27 heavy (non-hydrogen) atoms. The molecule has 0 radical (unpaired) electrons. The molecule has 1 unspecified atom stereocenters. The van der Waals surface area contributed by atoms with Crippen molar-refractivity contribution in [3.05, 3.63) is 29.3 Å². The van der Waals surface area contributed by atoms with Crippen molar-refractivity contribution in [2.24, 2.45) is 0 Å². The highest BCUT2D eigenvalue weighted by Gasteiger charge is 2.21. The molecule has 1 aromatic rings. The van der Waals surface area contributed by atoms with Crippen LogP contribution in [-0.4, -0.2) is 5.11 Å². The largest absolute Gasteiger partial charge is 0.507 e. The number of unbranched alkanes of at least 4 members (excludes halogenated alkanes) is 11. The highest BCUT2D eigenvalue weighted by atomic mass is 16.3. The monoisotopic (exact) mass is 374 g/mol. The van der Waals surface area contributed by atoms with E-state index in [2.05, 4.69) is 52.8 Å². The lowest BCUT2D eigenvalue weighted by Gasteiger charge is -2.23. The summed E-state index contributed by atoms with van der Waals surface area (Å²) in [5, 5.41) is 10.7. The zero-order valence-electron chi connectivity index (χ0n) is 18.9. The van der Waals surface area contributed by atoms with Crippen LogP contribution in [-0.2, 0) is 5.41 Å². The maximum absolute atomic E-state index is 10.7. The van der Waals surface area contributed by atoms with Crippen LogP contribution < -0.4 is 0 Å². The maximum Gasteiger partial charge on any atom is 0.122 e. The number of rotatable bonds is 14. The Morgan fingerprint density at radius 3 is 1.74 bits per heavy atom. The Kier molecular flexibility index (Phi) is 11.8. The molecule has 0 aliphatic carbocycles. The molecule has 0 aliphatic heterocycles. The number of phenolic OH excluding ortho intramolecular Hbond substituents is 1. The number of aromatic hydroxyl groups is 1. The first-order valence-corrected chi connectivity index (χ1v) is 11.7. The van der Waals surface area contributed by atoms with Crippen LogP contribution in [0.2, 0.25) is 0 Å². The molecule has 1 nitrogen and oxygen atoms in total. The van der Waals surface area contributed by atoms with E-state index in [-0.39, 0.29) is 5.41 Å². The normalized spacial score (nSPS) is 13.1. The van der Waals surface area contributed by atoms with Gasteiger partial charge in [-0.25, -0.2) is 0 Å². The number of hydrogen-bond acceptors (Lipinski definition) is 1. The van der Waals surface area contributed by atoms with Crippen molar-refractivity contribution in [3.63, 3.8) is 0 Å². The van der Waals surface area contributed by atoms with Crippen molar-refractivity contribution in [2.45, 2.75) is 129 Å². The fourth-order valence-electron chi connectivity index (χ4n) is 4.01. The molecule has 0 amide bonds. The van der Waals surface area contributed by atoms with Gasteiger partial charge in [0.15, 0.2) is 0 Å². The van der Waals surface area contributed by atoms with Crippen LogP contribution in [0, 0.1) is 0 Å². The van der Waals surface area contributed by atoms with Gasteiger partial charge in [-0.05, 0) is 28.9 Å². The first-order valence-electron chi connectivity index (χ1n) is 11.7. The van der Waals surface area contributed by atoms with Gasteiger partial charge in [0.2, 0.25) is 0 Å². The molecule has 156 valence electrons. The van der Waals surface area contributed by atoms with Crippen LogP contribution in [0.4, 0.5) is 0 Å². The number of benzene rings is 1. The van der Waals surface area contributed by atoms with Gasteiger partial charge in [-0.15, -0.1) is 0 Å². The van der Waals surface area contributed by atoms with E-state index in [9.17, 15) is 5.11 Å². The second kappa shape index (κ2) is 13.2. The third-order valence-electron chi connectivity index (χ3n) is 5.90. The lowest BCUT2D eigenvalue weighted by molar-refractivity contribution is 0.432. The van der Waals surface area contributed by atoms with Gasteiger partial charge >= 0.3 is 0 Å². The third kappa shape index (κ3) is 9.67. The van der Waals surface area contributed by atoms with Crippen molar-refractivity contribution in [2.75, 3.05) is 0 Å². The third-order valence-corrected chi connectivity index (χ3v) is 5.90. The molecule has 0 saturated heterocycles. The molecule has 1 N–H and O–H groups in total. The van der Waals surface area contributed by atoms with Gasteiger partial charge in [-0.1, -0.05) is 130 Å². The molecule has 0 aromatic heterocycles. The van der Waals surface area contributed by atoms with Gasteiger partial charge in [-0.2, -0.15) is 0 Å². The molecule has 0 aliphatic rings. The summed E-state index contributed by atoms with van der Waals surface area (Å²) in [6.07, 6.45) is 17.9. The summed E-state index contributed by atoms with van der Waals surface area (Å²) in [5.41, 5.74) is 2.20. The molecule has 0 fully saturated rings. The Morgan fingerprint density at radius 2 is 1.26 bits per heavy atom. The minimum atomic E-state index is -0.00415. The molecule has 1 heteroatoms. The summed E-state index contributed by atoms with van der Waals surface area (Å²) in [5.74, 6) is 0.965. The van der Waals surface area contributed by atoms with Crippen molar-refractivity contribution in [1.82, 2.24) is 0 Å². The Balaban J connectivity index is 2.15. The highest BCUT2D eigenvalue weighted by molar-refractivity contribution is 5.45. The smallest absolute Gasteiger partial charge is 0.122 e. The standard InChI is InChI=1S/C26H46O/c1-6-7-8-9-10-11-12-13-14-15-16-17-19-22(2)23-20-18-21-24(25(23)27)26(3,4)5/h18,20-22,27H,6-17,19H2,1-5H3. The average Bonchev–Trinajstić information content (AvgIpc) is 2.61. The van der Waals surface area contributed by atoms with Gasteiger partial charge in [0.1, 0.15) is 5.75 Å². The minimum absolute atomic E-state index is 0.00415. The van der Waals surface area contributed by atoms with Crippen molar-refractivity contribution in [1.29, 1.82) is 0 Å². The SMILES string of the molecule is CCCCCCCCCCCCCCC(C)c1cccc(C(C)(C)C)c1O. The van der Waals surface area contributed by atoms with E-state index < -0.39 is 0 Å². The predicted molar refractivity (Wildman–Crippen MR) is 121 cm³/mol. The fraction of sp³-hybridized carbons (Fsp3) is 0.769. The number of para-hydroxylation sites is 1. The second-order valence-electron chi connectivity index (χ2n) is 9.57. The van der Waals surface area contributed by atoms with Gasteiger partial charge in [0.05, 0.1) is 0 Å². The molecular formula is C26H46O. The van der Waals surface area contributed by atoms with Crippen LogP contribution in [0.5, 0.6) is 5.75 Å². The first-order chi connectivity index (χ1) is 12.9. The van der Waals surface area contributed by atoms with E-state index in [0.717, 1.165) is 11.1 Å². The Bertz CT molecular complexity index is 497. The first kappa shape index (κ1) is 24.1. The second-order valence-corrected chi connectivity index (χ2v) is 9.57. The van der Waals surface area contributed by atoms with Gasteiger partial charge < -0.3 is 5.11 Å². The predicted octanol–water partition coefficient (Wildman–Crippen LogP) is 8.88. The zero-order chi connectivity index (χ0) is 20.1. The maximum atomic E-state index is 10.7. The minimum Gasteiger partial charge on any atom is -0.507 e. The summed E-state index contributed by atoms with van der Waals surface area (Å²) in [6.45, 7) is 11.1. The number of phenols is 1. The molecule has 0 saturated carbocycles. The molecule has 1 aromatic carbocycles. The van der Waals surface area contributed by atoms with E-state index in [1.165, 1.54) is 83.5 Å². The Morgan fingerprint density at radius 1 is 0.778 bits per heavy atom. The van der Waals surface area contributed by atoms with E-state index in [1.54, 1.807) is 0 Å². The van der Waals surface area contributed by atoms with Crippen molar-refractivity contribution >= 4 is 0 Å². The van der Waals surface area contributed by atoms with E-state index in [1.807, 2.05) is 0 Å². The van der Waals surface area contributed by atoms with E-state index in [4.69, 9.17) is 0 Å². The molecular weight excluding hydrogens is 328 g/mol. The molecule has 1 atom stereocenters. The van der Waals surface area contributed by atoms with Crippen LogP contribution in [0.15, 0.2) is 18.2 Å². The summed E-state index contributed by atoms with van der Waals surface area (Å²) in [6, 6.07) is 6.28. The summed E-state index contributed by atoms with van der Waals surface area (Å²) in [7, 11) is 0. The Hall–Kier alpha value is -0.980. The molecule has 0 bridgehead atoms. The van der Waals surface area contributed by atoms with Crippen molar-refractivity contribution < 1.29 is 5.11 Å². The van der Waals surface area contributed by atoms with Crippen LogP contribution in [0.3, 0.4) is 0 Å². The van der Waals surface area contributed by atoms with Gasteiger partial charge in [0.25, 0.3) is 0 Å². The van der Waals surface area contributed by atoms with Crippen LogP contribution in [0.1, 0.15) is 135 Å². The summed E-state index contributed by atoms with van der Waals surface area (Å²) < 4.78 is 0.